The summed E-state index contributed by atoms with van der Waals surface area (Å²) in [5, 5.41) is 6.49. The Kier molecular flexibility index (Phi) is 3.56. The number of hydrogen-bond donors (Lipinski definition) is 4. The maximum Gasteiger partial charge on any atom is 0.222 e. The Hall–Kier alpha value is -1.24. The molecule has 1 unspecified atom stereocenters. The summed E-state index contributed by atoms with van der Waals surface area (Å²) < 4.78 is 0. The summed E-state index contributed by atoms with van der Waals surface area (Å²) in [6.45, 7) is 0.546. The number of nitrogens with zero attached hydrogens (tertiary/aromatic N) is 1. The van der Waals surface area contributed by atoms with Crippen molar-refractivity contribution >= 4 is 40.7 Å². The van der Waals surface area contributed by atoms with Crippen molar-refractivity contribution in [1.29, 1.82) is 0 Å². The van der Waals surface area contributed by atoms with Crippen LogP contribution in [-0.2, 0) is 4.79 Å². The van der Waals surface area contributed by atoms with Crippen LogP contribution in [0.15, 0.2) is 6.07 Å². The Labute approximate surface area is 108 Å². The lowest BCUT2D eigenvalue weighted by atomic mass is 10.2. The van der Waals surface area contributed by atoms with Crippen LogP contribution in [0.4, 0.5) is 11.6 Å². The molecule has 0 radical (unpaired) electrons. The third-order valence-electron chi connectivity index (χ3n) is 2.38. The van der Waals surface area contributed by atoms with E-state index < -0.39 is 0 Å². The molecule has 0 aliphatic carbocycles. The number of carbonyl (C=O) groups is 1. The van der Waals surface area contributed by atoms with Crippen molar-refractivity contribution in [3.63, 3.8) is 0 Å². The van der Waals surface area contributed by atoms with Crippen molar-refractivity contribution in [2.45, 2.75) is 12.5 Å². The highest BCUT2D eigenvalue weighted by atomic mass is 35.5. The summed E-state index contributed by atoms with van der Waals surface area (Å²) in [4.78, 5) is 15.2. The molecular weight excluding hydrogens is 265 g/mol. The molecule has 8 heteroatoms. The highest BCUT2D eigenvalue weighted by molar-refractivity contribution is 6.37. The first-order valence-electron chi connectivity index (χ1n) is 4.96. The van der Waals surface area contributed by atoms with Gasteiger partial charge in [-0.1, -0.05) is 23.2 Å². The fraction of sp³-hybridized carbons (Fsp3) is 0.333. The zero-order valence-electron chi connectivity index (χ0n) is 8.76. The Bertz CT molecular complexity index is 453. The molecule has 0 aromatic carbocycles. The number of hydrazine groups is 1. The SMILES string of the molecule is NNc1nc(NC2CNC(=O)C2)c(Cl)cc1Cl. The molecule has 0 spiro atoms. The normalized spacial score (nSPS) is 19.0. The van der Waals surface area contributed by atoms with Gasteiger partial charge in [0.1, 0.15) is 5.82 Å². The molecule has 2 rings (SSSR count). The lowest BCUT2D eigenvalue weighted by molar-refractivity contribution is -0.119. The number of nitrogen functional groups attached to an aromatic ring is 1. The largest absolute Gasteiger partial charge is 0.364 e. The first kappa shape index (κ1) is 12.2. The van der Waals surface area contributed by atoms with Crippen LogP contribution in [0.1, 0.15) is 6.42 Å². The maximum atomic E-state index is 11.0. The third-order valence-corrected chi connectivity index (χ3v) is 2.96. The number of amides is 1. The average Bonchev–Trinajstić information content (AvgIpc) is 2.68. The van der Waals surface area contributed by atoms with Crippen LogP contribution >= 0.6 is 23.2 Å². The second-order valence-electron chi connectivity index (χ2n) is 3.64. The van der Waals surface area contributed by atoms with E-state index in [1.165, 1.54) is 6.07 Å². The van der Waals surface area contributed by atoms with E-state index in [9.17, 15) is 4.79 Å². The van der Waals surface area contributed by atoms with Crippen molar-refractivity contribution < 1.29 is 4.79 Å². The molecule has 5 N–H and O–H groups in total. The van der Waals surface area contributed by atoms with Gasteiger partial charge in [0.25, 0.3) is 0 Å². The fourth-order valence-corrected chi connectivity index (χ4v) is 2.04. The van der Waals surface area contributed by atoms with Crippen LogP contribution < -0.4 is 21.9 Å². The molecule has 1 aromatic rings. The maximum absolute atomic E-state index is 11.0. The Morgan fingerprint density at radius 2 is 2.12 bits per heavy atom. The van der Waals surface area contributed by atoms with E-state index in [-0.39, 0.29) is 11.9 Å². The van der Waals surface area contributed by atoms with E-state index in [4.69, 9.17) is 29.0 Å². The summed E-state index contributed by atoms with van der Waals surface area (Å²) in [6, 6.07) is 1.51. The Morgan fingerprint density at radius 3 is 2.71 bits per heavy atom. The molecule has 1 aliphatic heterocycles. The zero-order chi connectivity index (χ0) is 12.4. The third kappa shape index (κ3) is 2.71. The van der Waals surface area contributed by atoms with Crippen LogP contribution in [0.25, 0.3) is 0 Å². The number of hydrogen-bond acceptors (Lipinski definition) is 5. The molecular formula is C9H11Cl2N5O. The quantitative estimate of drug-likeness (QED) is 0.488. The van der Waals surface area contributed by atoms with Gasteiger partial charge in [0.2, 0.25) is 5.91 Å². The predicted octanol–water partition coefficient (Wildman–Crippen LogP) is 0.974. The molecule has 1 atom stereocenters. The van der Waals surface area contributed by atoms with Crippen molar-refractivity contribution in [1.82, 2.24) is 10.3 Å². The first-order valence-corrected chi connectivity index (χ1v) is 5.71. The van der Waals surface area contributed by atoms with Gasteiger partial charge < -0.3 is 16.1 Å². The predicted molar refractivity (Wildman–Crippen MR) is 67.1 cm³/mol. The molecule has 2 heterocycles. The van der Waals surface area contributed by atoms with E-state index >= 15 is 0 Å². The van der Waals surface area contributed by atoms with Crippen LogP contribution in [-0.4, -0.2) is 23.5 Å². The minimum atomic E-state index is -0.0284. The van der Waals surface area contributed by atoms with Crippen LogP contribution in [0.5, 0.6) is 0 Å². The van der Waals surface area contributed by atoms with Crippen molar-refractivity contribution in [2.24, 2.45) is 5.84 Å². The van der Waals surface area contributed by atoms with Gasteiger partial charge in [-0.05, 0) is 6.07 Å². The summed E-state index contributed by atoms with van der Waals surface area (Å²) in [7, 11) is 0. The second-order valence-corrected chi connectivity index (χ2v) is 4.46. The monoisotopic (exact) mass is 275 g/mol. The minimum Gasteiger partial charge on any atom is -0.364 e. The van der Waals surface area contributed by atoms with Gasteiger partial charge in [0.15, 0.2) is 5.82 Å². The van der Waals surface area contributed by atoms with Gasteiger partial charge in [-0.2, -0.15) is 0 Å². The van der Waals surface area contributed by atoms with E-state index in [0.717, 1.165) is 0 Å². The summed E-state index contributed by atoms with van der Waals surface area (Å²) in [5.41, 5.74) is 2.37. The van der Waals surface area contributed by atoms with Gasteiger partial charge in [0.05, 0.1) is 16.1 Å². The molecule has 1 amide bonds. The molecule has 1 saturated heterocycles. The molecule has 1 aromatic heterocycles. The van der Waals surface area contributed by atoms with Crippen molar-refractivity contribution in [3.05, 3.63) is 16.1 Å². The molecule has 17 heavy (non-hydrogen) atoms. The number of halogens is 2. The molecule has 0 saturated carbocycles. The number of nitrogens with one attached hydrogen (secondary N) is 3. The van der Waals surface area contributed by atoms with Gasteiger partial charge in [-0.15, -0.1) is 0 Å². The molecule has 1 fully saturated rings. The van der Waals surface area contributed by atoms with Gasteiger partial charge in [-0.3, -0.25) is 4.79 Å². The van der Waals surface area contributed by atoms with Gasteiger partial charge >= 0.3 is 0 Å². The Morgan fingerprint density at radius 1 is 1.41 bits per heavy atom. The summed E-state index contributed by atoms with van der Waals surface area (Å²) >= 11 is 11.8. The topological polar surface area (TPSA) is 92.1 Å². The molecule has 92 valence electrons. The van der Waals surface area contributed by atoms with E-state index in [1.54, 1.807) is 0 Å². The standard InChI is InChI=1S/C9H11Cl2N5O/c10-5-2-6(11)9(16-12)15-8(5)14-4-1-7(17)13-3-4/h2,4H,1,3,12H2,(H,13,17)(H2,14,15,16). The molecule has 1 aliphatic rings. The van der Waals surface area contributed by atoms with E-state index in [0.29, 0.717) is 34.6 Å². The Balaban J connectivity index is 2.17. The summed E-state index contributed by atoms with van der Waals surface area (Å²) in [6.07, 6.45) is 0.395. The van der Waals surface area contributed by atoms with Gasteiger partial charge in [0, 0.05) is 13.0 Å². The second kappa shape index (κ2) is 4.95. The van der Waals surface area contributed by atoms with Crippen molar-refractivity contribution in [3.8, 4) is 0 Å². The highest BCUT2D eigenvalue weighted by Crippen LogP contribution is 2.29. The molecule has 6 nitrogen and oxygen atoms in total. The number of pyridine rings is 1. The number of nitrogens with two attached hydrogens (primary N) is 1. The smallest absolute Gasteiger partial charge is 0.222 e. The zero-order valence-corrected chi connectivity index (χ0v) is 10.3. The van der Waals surface area contributed by atoms with Crippen LogP contribution in [0.2, 0.25) is 10.0 Å². The lowest BCUT2D eigenvalue weighted by Crippen LogP contribution is -2.23. The highest BCUT2D eigenvalue weighted by Gasteiger charge is 2.22. The van der Waals surface area contributed by atoms with Crippen LogP contribution in [0, 0.1) is 0 Å². The number of aromatic nitrogens is 1. The van der Waals surface area contributed by atoms with E-state index in [2.05, 4.69) is 21.0 Å². The fourth-order valence-electron chi connectivity index (χ4n) is 1.57. The summed E-state index contributed by atoms with van der Waals surface area (Å²) in [5.74, 6) is 6.05. The number of anilines is 2. The molecule has 0 bridgehead atoms. The van der Waals surface area contributed by atoms with Crippen molar-refractivity contribution in [2.75, 3.05) is 17.3 Å². The van der Waals surface area contributed by atoms with E-state index in [1.807, 2.05) is 0 Å². The average molecular weight is 276 g/mol. The lowest BCUT2D eigenvalue weighted by Gasteiger charge is -2.14. The van der Waals surface area contributed by atoms with Crippen LogP contribution in [0.3, 0.4) is 0 Å². The van der Waals surface area contributed by atoms with Gasteiger partial charge in [-0.25, -0.2) is 10.8 Å². The minimum absolute atomic E-state index is 0.00441. The number of carbonyl (C=O) groups excluding carboxylic acids is 1. The first-order chi connectivity index (χ1) is 8.10. The number of rotatable bonds is 3.